The van der Waals surface area contributed by atoms with Gasteiger partial charge in [0, 0.05) is 19.3 Å². The maximum absolute atomic E-state index is 11.9. The number of furan rings is 1. The molecule has 3 amide bonds. The Morgan fingerprint density at radius 2 is 2.20 bits per heavy atom. The molecule has 8 nitrogen and oxygen atoms in total. The minimum atomic E-state index is -0.558. The Morgan fingerprint density at radius 1 is 1.40 bits per heavy atom. The standard InChI is InChI=1S/C16H22N4O4S/c1-11-12(2)20(6-8-23-3)16(18-11)25-10-14(21)19-15(22)17-9-13-5-4-7-24-13/h4-5,7H,6,8-10H2,1-3H3,(H2,17,19,21,22). The van der Waals surface area contributed by atoms with Gasteiger partial charge in [-0.2, -0.15) is 0 Å². The Balaban J connectivity index is 1.81. The molecule has 0 atom stereocenters. The van der Waals surface area contributed by atoms with Crippen molar-refractivity contribution >= 4 is 23.7 Å². The molecule has 136 valence electrons. The van der Waals surface area contributed by atoms with Crippen LogP contribution in [0.4, 0.5) is 4.79 Å². The smallest absolute Gasteiger partial charge is 0.321 e. The molecular formula is C16H22N4O4S. The van der Waals surface area contributed by atoms with Gasteiger partial charge >= 0.3 is 6.03 Å². The number of aromatic nitrogens is 2. The van der Waals surface area contributed by atoms with Gasteiger partial charge in [-0.25, -0.2) is 9.78 Å². The molecule has 0 saturated carbocycles. The van der Waals surface area contributed by atoms with Crippen LogP contribution in [-0.4, -0.2) is 41.0 Å². The van der Waals surface area contributed by atoms with Crippen molar-refractivity contribution in [3.05, 3.63) is 35.5 Å². The van der Waals surface area contributed by atoms with E-state index in [0.717, 1.165) is 16.5 Å². The van der Waals surface area contributed by atoms with Crippen LogP contribution < -0.4 is 10.6 Å². The summed E-state index contributed by atoms with van der Waals surface area (Å²) in [6.45, 7) is 5.34. The first-order chi connectivity index (χ1) is 12.0. The number of hydrogen-bond donors (Lipinski definition) is 2. The van der Waals surface area contributed by atoms with Crippen molar-refractivity contribution in [2.45, 2.75) is 32.1 Å². The number of carbonyl (C=O) groups excluding carboxylic acids is 2. The third kappa shape index (κ3) is 5.64. The molecule has 2 aromatic heterocycles. The summed E-state index contributed by atoms with van der Waals surface area (Å²) in [7, 11) is 1.64. The second-order valence-electron chi connectivity index (χ2n) is 5.31. The number of carbonyl (C=O) groups is 2. The maximum Gasteiger partial charge on any atom is 0.321 e. The molecule has 0 spiro atoms. The zero-order valence-electron chi connectivity index (χ0n) is 14.5. The number of aryl methyl sites for hydroxylation is 1. The predicted molar refractivity (Wildman–Crippen MR) is 93.4 cm³/mol. The monoisotopic (exact) mass is 366 g/mol. The number of thioether (sulfide) groups is 1. The van der Waals surface area contributed by atoms with E-state index in [1.54, 1.807) is 19.2 Å². The van der Waals surface area contributed by atoms with E-state index in [2.05, 4.69) is 15.6 Å². The summed E-state index contributed by atoms with van der Waals surface area (Å²) in [4.78, 5) is 28.1. The third-order valence-electron chi connectivity index (χ3n) is 3.53. The third-order valence-corrected chi connectivity index (χ3v) is 4.51. The molecule has 0 aromatic carbocycles. The van der Waals surface area contributed by atoms with Crippen LogP contribution in [0.5, 0.6) is 0 Å². The van der Waals surface area contributed by atoms with Crippen molar-refractivity contribution in [1.82, 2.24) is 20.2 Å². The topological polar surface area (TPSA) is 98.4 Å². The molecule has 2 aromatic rings. The fourth-order valence-electron chi connectivity index (χ4n) is 2.10. The molecule has 0 saturated heterocycles. The van der Waals surface area contributed by atoms with E-state index in [9.17, 15) is 9.59 Å². The Hall–Kier alpha value is -2.26. The SMILES string of the molecule is COCCn1c(SCC(=O)NC(=O)NCc2ccco2)nc(C)c1C. The van der Waals surface area contributed by atoms with Crippen molar-refractivity contribution in [2.75, 3.05) is 19.5 Å². The molecule has 0 unspecified atom stereocenters. The quantitative estimate of drug-likeness (QED) is 0.692. The number of imidazole rings is 1. The lowest BCUT2D eigenvalue weighted by Gasteiger charge is -2.09. The Kier molecular flexibility index (Phi) is 7.08. The Bertz CT molecular complexity index is 712. The highest BCUT2D eigenvalue weighted by Gasteiger charge is 2.14. The number of amides is 3. The summed E-state index contributed by atoms with van der Waals surface area (Å²) in [5, 5.41) is 5.57. The molecule has 0 radical (unpaired) electrons. The number of nitrogens with zero attached hydrogens (tertiary/aromatic N) is 2. The number of urea groups is 1. The fraction of sp³-hybridized carbons (Fsp3) is 0.438. The van der Waals surface area contributed by atoms with Crippen molar-refractivity contribution in [3.63, 3.8) is 0 Å². The number of ether oxygens (including phenoxy) is 1. The van der Waals surface area contributed by atoms with E-state index < -0.39 is 11.9 Å². The minimum absolute atomic E-state index is 0.0943. The summed E-state index contributed by atoms with van der Waals surface area (Å²) in [5.74, 6) is 0.318. The van der Waals surface area contributed by atoms with E-state index in [-0.39, 0.29) is 12.3 Å². The number of hydrogen-bond acceptors (Lipinski definition) is 6. The average molecular weight is 366 g/mol. The van der Waals surface area contributed by atoms with Crippen LogP contribution in [0.3, 0.4) is 0 Å². The summed E-state index contributed by atoms with van der Waals surface area (Å²) in [5.41, 5.74) is 1.95. The molecule has 0 aliphatic heterocycles. The van der Waals surface area contributed by atoms with E-state index in [1.807, 2.05) is 18.4 Å². The van der Waals surface area contributed by atoms with Gasteiger partial charge in [-0.3, -0.25) is 10.1 Å². The van der Waals surface area contributed by atoms with Gasteiger partial charge in [-0.15, -0.1) is 0 Å². The maximum atomic E-state index is 11.9. The van der Waals surface area contributed by atoms with E-state index in [4.69, 9.17) is 9.15 Å². The normalized spacial score (nSPS) is 10.7. The van der Waals surface area contributed by atoms with Crippen LogP contribution in [-0.2, 0) is 22.6 Å². The molecular weight excluding hydrogens is 344 g/mol. The van der Waals surface area contributed by atoms with Crippen LogP contribution in [0.1, 0.15) is 17.1 Å². The second-order valence-corrected chi connectivity index (χ2v) is 6.25. The molecule has 0 fully saturated rings. The molecule has 0 bridgehead atoms. The van der Waals surface area contributed by atoms with Crippen molar-refractivity contribution in [2.24, 2.45) is 0 Å². The van der Waals surface area contributed by atoms with Gasteiger partial charge in [0.15, 0.2) is 5.16 Å². The zero-order valence-corrected chi connectivity index (χ0v) is 15.3. The first-order valence-electron chi connectivity index (χ1n) is 7.76. The van der Waals surface area contributed by atoms with Gasteiger partial charge in [0.05, 0.1) is 30.9 Å². The highest BCUT2D eigenvalue weighted by Crippen LogP contribution is 2.20. The van der Waals surface area contributed by atoms with Gasteiger partial charge in [0.25, 0.3) is 0 Å². The first-order valence-corrected chi connectivity index (χ1v) is 8.75. The molecule has 9 heteroatoms. The van der Waals surface area contributed by atoms with Crippen LogP contribution in [0.2, 0.25) is 0 Å². The number of nitrogens with one attached hydrogen (secondary N) is 2. The molecule has 2 heterocycles. The summed E-state index contributed by atoms with van der Waals surface area (Å²) < 4.78 is 12.2. The zero-order chi connectivity index (χ0) is 18.2. The van der Waals surface area contributed by atoms with Crippen molar-refractivity contribution in [3.8, 4) is 0 Å². The fourth-order valence-corrected chi connectivity index (χ4v) is 3.02. The lowest BCUT2D eigenvalue weighted by atomic mass is 10.4. The van der Waals surface area contributed by atoms with Crippen LogP contribution in [0, 0.1) is 13.8 Å². The number of methoxy groups -OCH3 is 1. The minimum Gasteiger partial charge on any atom is -0.467 e. The van der Waals surface area contributed by atoms with Crippen molar-refractivity contribution in [1.29, 1.82) is 0 Å². The lowest BCUT2D eigenvalue weighted by molar-refractivity contribution is -0.117. The number of imide groups is 1. The molecule has 0 aliphatic rings. The van der Waals surface area contributed by atoms with Crippen LogP contribution >= 0.6 is 11.8 Å². The van der Waals surface area contributed by atoms with Gasteiger partial charge in [0.2, 0.25) is 5.91 Å². The van der Waals surface area contributed by atoms with Gasteiger partial charge in [-0.1, -0.05) is 11.8 Å². The Morgan fingerprint density at radius 3 is 2.88 bits per heavy atom. The summed E-state index contributed by atoms with van der Waals surface area (Å²) in [6, 6.07) is 2.91. The number of rotatable bonds is 8. The van der Waals surface area contributed by atoms with Gasteiger partial charge in [-0.05, 0) is 26.0 Å². The lowest BCUT2D eigenvalue weighted by Crippen LogP contribution is -2.39. The van der Waals surface area contributed by atoms with Gasteiger partial charge in [0.1, 0.15) is 5.76 Å². The summed E-state index contributed by atoms with van der Waals surface area (Å²) >= 11 is 1.28. The van der Waals surface area contributed by atoms with Crippen LogP contribution in [0.15, 0.2) is 28.0 Å². The first kappa shape index (κ1) is 19.1. The highest BCUT2D eigenvalue weighted by molar-refractivity contribution is 7.99. The van der Waals surface area contributed by atoms with Crippen molar-refractivity contribution < 1.29 is 18.7 Å². The molecule has 2 rings (SSSR count). The average Bonchev–Trinajstić information content (AvgIpc) is 3.19. The Labute approximate surface area is 150 Å². The van der Waals surface area contributed by atoms with Gasteiger partial charge < -0.3 is 19.0 Å². The van der Waals surface area contributed by atoms with E-state index >= 15 is 0 Å². The predicted octanol–water partition coefficient (Wildman–Crippen LogP) is 1.86. The van der Waals surface area contributed by atoms with Crippen LogP contribution in [0.25, 0.3) is 0 Å². The summed E-state index contributed by atoms with van der Waals surface area (Å²) in [6.07, 6.45) is 1.52. The molecule has 2 N–H and O–H groups in total. The largest absolute Gasteiger partial charge is 0.467 e. The van der Waals surface area contributed by atoms with E-state index in [1.165, 1.54) is 18.0 Å². The second kappa shape index (κ2) is 9.28. The van der Waals surface area contributed by atoms with E-state index in [0.29, 0.717) is 18.9 Å². The molecule has 0 aliphatic carbocycles. The highest BCUT2D eigenvalue weighted by atomic mass is 32.2. The molecule has 25 heavy (non-hydrogen) atoms.